The number of halogens is 1. The minimum Gasteiger partial charge on any atom is -0.461 e. The molecule has 7 nitrogen and oxygen atoms in total. The fourth-order valence-electron chi connectivity index (χ4n) is 2.70. The van der Waals surface area contributed by atoms with E-state index in [1.165, 1.54) is 6.42 Å². The van der Waals surface area contributed by atoms with Gasteiger partial charge in [-0.1, -0.05) is 65.8 Å². The van der Waals surface area contributed by atoms with Crippen LogP contribution in [0.5, 0.6) is 0 Å². The second-order valence-electron chi connectivity index (χ2n) is 8.28. The monoisotopic (exact) mass is 546 g/mol. The number of amides is 2. The molecule has 0 aliphatic carbocycles. The average Bonchev–Trinajstić information content (AvgIpc) is 2.71. The molecule has 8 heteroatoms. The van der Waals surface area contributed by atoms with E-state index >= 15 is 0 Å². The van der Waals surface area contributed by atoms with E-state index in [2.05, 4.69) is 33.2 Å². The number of hydrogen-bond donors (Lipinski definition) is 2. The Labute approximate surface area is 199 Å². The molecule has 0 aliphatic rings. The highest BCUT2D eigenvalue weighted by atomic mass is 127. The third-order valence-electron chi connectivity index (χ3n) is 4.25. The lowest BCUT2D eigenvalue weighted by Gasteiger charge is -2.23. The van der Waals surface area contributed by atoms with Gasteiger partial charge in [0.1, 0.15) is 18.2 Å². The van der Waals surface area contributed by atoms with Crippen LogP contribution in [0.1, 0.15) is 64.9 Å². The van der Waals surface area contributed by atoms with Crippen molar-refractivity contribution in [2.75, 3.05) is 11.0 Å². The van der Waals surface area contributed by atoms with Gasteiger partial charge in [0.25, 0.3) is 0 Å². The van der Waals surface area contributed by atoms with E-state index in [-0.39, 0.29) is 25.4 Å². The summed E-state index contributed by atoms with van der Waals surface area (Å²) < 4.78 is 11.6. The largest absolute Gasteiger partial charge is 0.461 e. The fourth-order valence-corrected chi connectivity index (χ4v) is 3.24. The Kier molecular flexibility index (Phi) is 13.2. The van der Waals surface area contributed by atoms with E-state index in [0.29, 0.717) is 6.54 Å². The van der Waals surface area contributed by atoms with Gasteiger partial charge in [0.2, 0.25) is 5.91 Å². The molecule has 0 radical (unpaired) electrons. The summed E-state index contributed by atoms with van der Waals surface area (Å²) in [6.45, 7) is 5.95. The smallest absolute Gasteiger partial charge is 0.408 e. The van der Waals surface area contributed by atoms with E-state index in [9.17, 15) is 14.4 Å². The highest BCUT2D eigenvalue weighted by Crippen LogP contribution is 2.09. The number of rotatable bonds is 13. The SMILES string of the molecule is CC(C)(C)OC(=O)N[C@@H](CCC(=O)OCc1ccccc1)C(=O)NCCCCCCI. The highest BCUT2D eigenvalue weighted by molar-refractivity contribution is 14.1. The van der Waals surface area contributed by atoms with Crippen LogP contribution >= 0.6 is 22.6 Å². The molecule has 0 bridgehead atoms. The minimum absolute atomic E-state index is 0.0103. The van der Waals surface area contributed by atoms with E-state index in [4.69, 9.17) is 9.47 Å². The molecule has 0 spiro atoms. The van der Waals surface area contributed by atoms with Gasteiger partial charge >= 0.3 is 12.1 Å². The summed E-state index contributed by atoms with van der Waals surface area (Å²) in [7, 11) is 0. The van der Waals surface area contributed by atoms with Gasteiger partial charge in [-0.2, -0.15) is 0 Å². The molecule has 0 fully saturated rings. The number of alkyl carbamates (subject to hydrolysis) is 1. The standard InChI is InChI=1S/C23H35IN2O5/c1-23(2,3)31-22(29)26-19(21(28)25-16-10-5-4-9-15-24)13-14-20(27)30-17-18-11-7-6-8-12-18/h6-8,11-12,19H,4-5,9-10,13-17H2,1-3H3,(H,25,28)(H,26,29)/t19-/m0/s1. The zero-order valence-electron chi connectivity index (χ0n) is 18.7. The molecule has 1 rings (SSSR count). The average molecular weight is 546 g/mol. The van der Waals surface area contributed by atoms with E-state index in [0.717, 1.165) is 29.3 Å². The number of hydrogen-bond acceptors (Lipinski definition) is 5. The van der Waals surface area contributed by atoms with Gasteiger partial charge in [-0.3, -0.25) is 9.59 Å². The Balaban J connectivity index is 2.52. The van der Waals surface area contributed by atoms with Crippen molar-refractivity contribution in [2.45, 2.75) is 77.5 Å². The van der Waals surface area contributed by atoms with Gasteiger partial charge in [0, 0.05) is 13.0 Å². The number of esters is 1. The van der Waals surface area contributed by atoms with E-state index < -0.39 is 23.7 Å². The summed E-state index contributed by atoms with van der Waals surface area (Å²) in [4.78, 5) is 36.9. The molecule has 174 valence electrons. The van der Waals surface area contributed by atoms with Crippen molar-refractivity contribution in [3.63, 3.8) is 0 Å². The molecule has 31 heavy (non-hydrogen) atoms. The third kappa shape index (κ3) is 14.0. The maximum atomic E-state index is 12.6. The van der Waals surface area contributed by atoms with Crippen molar-refractivity contribution in [1.29, 1.82) is 0 Å². The van der Waals surface area contributed by atoms with Crippen LogP contribution in [-0.2, 0) is 25.7 Å². The predicted octanol–water partition coefficient (Wildman–Crippen LogP) is 4.51. The fraction of sp³-hybridized carbons (Fsp3) is 0.609. The summed E-state index contributed by atoms with van der Waals surface area (Å²) in [5, 5.41) is 5.43. The van der Waals surface area contributed by atoms with Gasteiger partial charge in [0.05, 0.1) is 0 Å². The lowest BCUT2D eigenvalue weighted by atomic mass is 10.1. The molecular formula is C23H35IN2O5. The molecule has 1 atom stereocenters. The lowest BCUT2D eigenvalue weighted by molar-refractivity contribution is -0.145. The number of benzene rings is 1. The van der Waals surface area contributed by atoms with Crippen molar-refractivity contribution < 1.29 is 23.9 Å². The first-order valence-electron chi connectivity index (χ1n) is 10.7. The maximum absolute atomic E-state index is 12.6. The Bertz CT molecular complexity index is 676. The van der Waals surface area contributed by atoms with Gasteiger partial charge < -0.3 is 20.1 Å². The quantitative estimate of drug-likeness (QED) is 0.164. The summed E-state index contributed by atoms with van der Waals surface area (Å²) in [5.74, 6) is -0.748. The Morgan fingerprint density at radius 3 is 2.35 bits per heavy atom. The summed E-state index contributed by atoms with van der Waals surface area (Å²) in [6, 6.07) is 8.50. The van der Waals surface area contributed by atoms with Crippen LogP contribution in [-0.4, -0.2) is 40.6 Å². The molecule has 0 aliphatic heterocycles. The zero-order valence-corrected chi connectivity index (χ0v) is 20.9. The van der Waals surface area contributed by atoms with Crippen LogP contribution in [0.15, 0.2) is 30.3 Å². The third-order valence-corrected chi connectivity index (χ3v) is 5.01. The second kappa shape index (κ2) is 15.0. The van der Waals surface area contributed by atoms with Crippen LogP contribution in [0.25, 0.3) is 0 Å². The Morgan fingerprint density at radius 1 is 1.03 bits per heavy atom. The number of ether oxygens (including phenoxy) is 2. The van der Waals surface area contributed by atoms with Gasteiger partial charge in [-0.15, -0.1) is 0 Å². The number of carbonyl (C=O) groups is 3. The topological polar surface area (TPSA) is 93.7 Å². The minimum atomic E-state index is -0.867. The lowest BCUT2D eigenvalue weighted by Crippen LogP contribution is -2.48. The van der Waals surface area contributed by atoms with Crippen LogP contribution in [0, 0.1) is 0 Å². The van der Waals surface area contributed by atoms with Crippen LogP contribution in [0.4, 0.5) is 4.79 Å². The number of carbonyl (C=O) groups excluding carboxylic acids is 3. The first-order chi connectivity index (χ1) is 14.7. The normalized spacial score (nSPS) is 12.0. The number of alkyl halides is 1. The maximum Gasteiger partial charge on any atom is 0.408 e. The van der Waals surface area contributed by atoms with Crippen molar-refractivity contribution in [1.82, 2.24) is 10.6 Å². The molecular weight excluding hydrogens is 511 g/mol. The molecule has 2 amide bonds. The van der Waals surface area contributed by atoms with E-state index in [1.807, 2.05) is 30.3 Å². The molecule has 0 saturated heterocycles. The zero-order chi connectivity index (χ0) is 23.1. The van der Waals surface area contributed by atoms with Crippen molar-refractivity contribution >= 4 is 40.6 Å². The molecule has 0 heterocycles. The number of unbranched alkanes of at least 4 members (excludes halogenated alkanes) is 3. The second-order valence-corrected chi connectivity index (χ2v) is 9.36. The van der Waals surface area contributed by atoms with Crippen molar-refractivity contribution in [3.8, 4) is 0 Å². The first kappa shape index (κ1) is 27.2. The van der Waals surface area contributed by atoms with Crippen LogP contribution < -0.4 is 10.6 Å². The highest BCUT2D eigenvalue weighted by Gasteiger charge is 2.25. The molecule has 2 N–H and O–H groups in total. The van der Waals surface area contributed by atoms with Crippen LogP contribution in [0.3, 0.4) is 0 Å². The number of nitrogens with one attached hydrogen (secondary N) is 2. The predicted molar refractivity (Wildman–Crippen MR) is 129 cm³/mol. The molecule has 1 aromatic rings. The van der Waals surface area contributed by atoms with Gasteiger partial charge in [-0.25, -0.2) is 4.79 Å². The molecule has 1 aromatic carbocycles. The Hall–Kier alpha value is -1.84. The van der Waals surface area contributed by atoms with Gasteiger partial charge in [-0.05, 0) is 50.0 Å². The van der Waals surface area contributed by atoms with Crippen molar-refractivity contribution in [3.05, 3.63) is 35.9 Å². The summed E-state index contributed by atoms with van der Waals surface area (Å²) in [6.07, 6.45) is 3.67. The Morgan fingerprint density at radius 2 is 1.71 bits per heavy atom. The van der Waals surface area contributed by atoms with E-state index in [1.54, 1.807) is 20.8 Å². The van der Waals surface area contributed by atoms with Crippen LogP contribution in [0.2, 0.25) is 0 Å². The first-order valence-corrected chi connectivity index (χ1v) is 12.3. The molecule has 0 unspecified atom stereocenters. The summed E-state index contributed by atoms with van der Waals surface area (Å²) >= 11 is 2.35. The summed E-state index contributed by atoms with van der Waals surface area (Å²) in [5.41, 5.74) is 0.206. The molecule has 0 saturated carbocycles. The van der Waals surface area contributed by atoms with Crippen molar-refractivity contribution in [2.24, 2.45) is 0 Å². The molecule has 0 aromatic heterocycles. The van der Waals surface area contributed by atoms with Gasteiger partial charge in [0.15, 0.2) is 0 Å².